The first kappa shape index (κ1) is 23.4. The number of carboxylic acid groups (broad SMARTS) is 1. The number of hydrogen-bond acceptors (Lipinski definition) is 4. The molecule has 2 aliphatic carbocycles. The van der Waals surface area contributed by atoms with Crippen LogP contribution in [-0.4, -0.2) is 52.7 Å². The first-order chi connectivity index (χ1) is 16.9. The quantitative estimate of drug-likeness (QED) is 0.611. The van der Waals surface area contributed by atoms with Crippen molar-refractivity contribution >= 4 is 18.0 Å². The highest BCUT2D eigenvalue weighted by molar-refractivity contribution is 5.92. The number of benzene rings is 2. The lowest BCUT2D eigenvalue weighted by Gasteiger charge is -2.52. The Kier molecular flexibility index (Phi) is 6.26. The van der Waals surface area contributed by atoms with Gasteiger partial charge in [0.25, 0.3) is 0 Å². The number of ether oxygens (including phenoxy) is 1. The molecule has 2 heterocycles. The lowest BCUT2D eigenvalue weighted by atomic mass is 9.70. The third kappa shape index (κ3) is 4.07. The van der Waals surface area contributed by atoms with Crippen molar-refractivity contribution in [2.75, 3.05) is 13.2 Å². The van der Waals surface area contributed by atoms with E-state index in [0.717, 1.165) is 35.1 Å². The summed E-state index contributed by atoms with van der Waals surface area (Å²) in [5.74, 6) is -0.994. The fraction of sp³-hybridized carbons (Fsp3) is 0.464. The van der Waals surface area contributed by atoms with Crippen molar-refractivity contribution in [1.82, 2.24) is 10.2 Å². The number of piperidine rings is 2. The Hall–Kier alpha value is -3.35. The monoisotopic (exact) mass is 476 g/mol. The van der Waals surface area contributed by atoms with Gasteiger partial charge in [0.15, 0.2) is 0 Å². The number of nitrogens with one attached hydrogen (secondary N) is 1. The molecule has 184 valence electrons. The Balaban J connectivity index is 1.28. The van der Waals surface area contributed by atoms with Gasteiger partial charge in [-0.3, -0.25) is 4.79 Å². The van der Waals surface area contributed by atoms with Crippen LogP contribution in [0.2, 0.25) is 0 Å². The van der Waals surface area contributed by atoms with Gasteiger partial charge in [-0.15, -0.1) is 0 Å². The topological polar surface area (TPSA) is 95.9 Å². The van der Waals surface area contributed by atoms with Crippen molar-refractivity contribution in [3.05, 3.63) is 59.7 Å². The minimum Gasteiger partial charge on any atom is -0.479 e. The molecule has 4 aliphatic rings. The standard InChI is InChI=1S/C28H32N2O5/c1-2-7-24(25(31)30-16-18-12-14-28(30,15-13-18)26(32)33)29-27(34)35-17-23-21-10-5-3-8-19(21)20-9-4-6-11-22(20)23/h3-6,8-11,18,23-24H,2,7,12-17H2,1H3,(H,29,34)(H,32,33)/t18?,24-,28?/m1/s1. The molecule has 0 spiro atoms. The third-order valence-electron chi connectivity index (χ3n) is 8.07. The molecule has 1 saturated carbocycles. The van der Waals surface area contributed by atoms with Gasteiger partial charge in [-0.05, 0) is 60.3 Å². The molecule has 2 aromatic rings. The van der Waals surface area contributed by atoms with Crippen LogP contribution in [0, 0.1) is 5.92 Å². The zero-order valence-electron chi connectivity index (χ0n) is 20.0. The molecule has 6 rings (SSSR count). The largest absolute Gasteiger partial charge is 0.479 e. The number of carbonyl (C=O) groups is 3. The van der Waals surface area contributed by atoms with Crippen LogP contribution >= 0.6 is 0 Å². The lowest BCUT2D eigenvalue weighted by Crippen LogP contribution is -2.67. The molecule has 0 radical (unpaired) electrons. The van der Waals surface area contributed by atoms with Crippen LogP contribution in [0.5, 0.6) is 0 Å². The number of fused-ring (bicyclic) bond motifs is 6. The van der Waals surface area contributed by atoms with Crippen molar-refractivity contribution in [3.63, 3.8) is 0 Å². The van der Waals surface area contributed by atoms with Gasteiger partial charge in [-0.1, -0.05) is 61.9 Å². The number of rotatable bonds is 7. The smallest absolute Gasteiger partial charge is 0.407 e. The molecule has 2 bridgehead atoms. The van der Waals surface area contributed by atoms with Crippen LogP contribution in [0.3, 0.4) is 0 Å². The highest BCUT2D eigenvalue weighted by Gasteiger charge is 2.54. The summed E-state index contributed by atoms with van der Waals surface area (Å²) in [4.78, 5) is 40.1. The van der Waals surface area contributed by atoms with Gasteiger partial charge in [0.1, 0.15) is 18.2 Å². The fourth-order valence-electron chi connectivity index (χ4n) is 6.19. The average Bonchev–Trinajstić information content (AvgIpc) is 3.21. The number of aliphatic carboxylic acids is 1. The minimum atomic E-state index is -1.15. The summed E-state index contributed by atoms with van der Waals surface area (Å²) in [6.07, 6.45) is 3.07. The summed E-state index contributed by atoms with van der Waals surface area (Å²) >= 11 is 0. The first-order valence-corrected chi connectivity index (χ1v) is 12.6. The first-order valence-electron chi connectivity index (χ1n) is 12.6. The van der Waals surface area contributed by atoms with Gasteiger partial charge in [0.2, 0.25) is 5.91 Å². The Labute approximate surface area is 205 Å². The predicted molar refractivity (Wildman–Crippen MR) is 131 cm³/mol. The number of carbonyl (C=O) groups excluding carboxylic acids is 2. The second-order valence-corrected chi connectivity index (χ2v) is 10.0. The van der Waals surface area contributed by atoms with E-state index < -0.39 is 23.6 Å². The summed E-state index contributed by atoms with van der Waals surface area (Å²) in [7, 11) is 0. The van der Waals surface area contributed by atoms with E-state index in [4.69, 9.17) is 4.74 Å². The van der Waals surface area contributed by atoms with Gasteiger partial charge >= 0.3 is 12.1 Å². The van der Waals surface area contributed by atoms with Crippen molar-refractivity contribution in [2.45, 2.75) is 62.9 Å². The highest BCUT2D eigenvalue weighted by Crippen LogP contribution is 2.45. The van der Waals surface area contributed by atoms with Gasteiger partial charge in [-0.2, -0.15) is 0 Å². The molecule has 2 saturated heterocycles. The molecular weight excluding hydrogens is 444 g/mol. The van der Waals surface area contributed by atoms with E-state index in [1.165, 1.54) is 4.90 Å². The van der Waals surface area contributed by atoms with Crippen molar-refractivity contribution < 1.29 is 24.2 Å². The molecule has 0 unspecified atom stereocenters. The summed E-state index contributed by atoms with van der Waals surface area (Å²) in [6.45, 7) is 2.55. The van der Waals surface area contributed by atoms with Crippen molar-refractivity contribution in [3.8, 4) is 11.1 Å². The van der Waals surface area contributed by atoms with E-state index in [9.17, 15) is 19.5 Å². The lowest BCUT2D eigenvalue weighted by molar-refractivity contribution is -0.171. The molecule has 7 nitrogen and oxygen atoms in total. The van der Waals surface area contributed by atoms with Crippen molar-refractivity contribution in [2.24, 2.45) is 5.92 Å². The Morgan fingerprint density at radius 1 is 1.06 bits per heavy atom. The Morgan fingerprint density at radius 2 is 1.66 bits per heavy atom. The zero-order valence-corrected chi connectivity index (χ0v) is 20.0. The molecule has 2 N–H and O–H groups in total. The number of amides is 2. The maximum atomic E-state index is 13.5. The summed E-state index contributed by atoms with van der Waals surface area (Å²) in [5.41, 5.74) is 3.39. The van der Waals surface area contributed by atoms with Crippen LogP contribution in [0.15, 0.2) is 48.5 Å². The molecule has 2 amide bonds. The van der Waals surface area contributed by atoms with Crippen molar-refractivity contribution in [1.29, 1.82) is 0 Å². The van der Waals surface area contributed by atoms with Gasteiger partial charge in [0, 0.05) is 12.5 Å². The predicted octanol–water partition coefficient (Wildman–Crippen LogP) is 4.55. The minimum absolute atomic E-state index is 0.0680. The fourth-order valence-corrected chi connectivity index (χ4v) is 6.19. The summed E-state index contributed by atoms with van der Waals surface area (Å²) < 4.78 is 5.65. The highest BCUT2D eigenvalue weighted by atomic mass is 16.5. The number of hydrogen-bond donors (Lipinski definition) is 2. The third-order valence-corrected chi connectivity index (χ3v) is 8.07. The molecular formula is C28H32N2O5. The molecule has 35 heavy (non-hydrogen) atoms. The van der Waals surface area contributed by atoms with Gasteiger partial charge in [-0.25, -0.2) is 9.59 Å². The Bertz CT molecular complexity index is 1090. The second-order valence-electron chi connectivity index (χ2n) is 10.0. The Morgan fingerprint density at radius 3 is 2.23 bits per heavy atom. The van der Waals surface area contributed by atoms with E-state index >= 15 is 0 Å². The van der Waals surface area contributed by atoms with E-state index in [0.29, 0.717) is 38.1 Å². The molecule has 1 atom stereocenters. The van der Waals surface area contributed by atoms with Crippen LogP contribution in [0.25, 0.3) is 11.1 Å². The van der Waals surface area contributed by atoms with Crippen LogP contribution in [0.4, 0.5) is 4.79 Å². The number of carboxylic acids is 1. The maximum Gasteiger partial charge on any atom is 0.407 e. The second kappa shape index (κ2) is 9.36. The molecule has 7 heteroatoms. The zero-order chi connectivity index (χ0) is 24.6. The van der Waals surface area contributed by atoms with Crippen LogP contribution < -0.4 is 5.32 Å². The van der Waals surface area contributed by atoms with E-state index in [1.807, 2.05) is 31.2 Å². The van der Waals surface area contributed by atoms with E-state index in [2.05, 4.69) is 29.6 Å². The number of alkyl carbamates (subject to hydrolysis) is 1. The average molecular weight is 477 g/mol. The van der Waals surface area contributed by atoms with E-state index in [1.54, 1.807) is 0 Å². The maximum absolute atomic E-state index is 13.5. The normalized spacial score (nSPS) is 23.3. The molecule has 2 aromatic carbocycles. The number of nitrogens with zero attached hydrogens (tertiary/aromatic N) is 1. The van der Waals surface area contributed by atoms with Crippen LogP contribution in [0.1, 0.15) is 62.5 Å². The van der Waals surface area contributed by atoms with Crippen LogP contribution in [-0.2, 0) is 14.3 Å². The molecule has 2 aliphatic heterocycles. The summed E-state index contributed by atoms with van der Waals surface area (Å²) in [6, 6.07) is 15.4. The van der Waals surface area contributed by atoms with Gasteiger partial charge in [0.05, 0.1) is 0 Å². The summed E-state index contributed by atoms with van der Waals surface area (Å²) in [5, 5.41) is 12.7. The van der Waals surface area contributed by atoms with E-state index in [-0.39, 0.29) is 18.4 Å². The molecule has 0 aromatic heterocycles. The molecule has 3 fully saturated rings. The SMILES string of the molecule is CCC[C@@H](NC(=O)OCC1c2ccccc2-c2ccccc21)C(=O)N1CC2CCC1(C(=O)O)CC2. The van der Waals surface area contributed by atoms with Gasteiger partial charge < -0.3 is 20.1 Å².